The molecule has 0 amide bonds. The molecule has 1 aromatic carbocycles. The summed E-state index contributed by atoms with van der Waals surface area (Å²) in [5, 5.41) is 3.43. The molecule has 20 heavy (non-hydrogen) atoms. The first-order valence-electron chi connectivity index (χ1n) is 7.76. The van der Waals surface area contributed by atoms with Crippen LogP contribution in [0.15, 0.2) is 18.2 Å². The van der Waals surface area contributed by atoms with Crippen LogP contribution in [0.4, 0.5) is 0 Å². The van der Waals surface area contributed by atoms with Crippen LogP contribution in [0.3, 0.4) is 0 Å². The van der Waals surface area contributed by atoms with Crippen molar-refractivity contribution in [2.45, 2.75) is 51.7 Å². The molecule has 0 radical (unpaired) electrons. The van der Waals surface area contributed by atoms with Crippen LogP contribution in [0.5, 0.6) is 5.75 Å². The SMILES string of the molecule is CCOc1ccc(C)cc1C(CCC1CCCO1)NC. The van der Waals surface area contributed by atoms with E-state index in [4.69, 9.17) is 9.47 Å². The lowest BCUT2D eigenvalue weighted by atomic mass is 9.97. The number of hydrogen-bond donors (Lipinski definition) is 1. The predicted octanol–water partition coefficient (Wildman–Crippen LogP) is 3.61. The Hall–Kier alpha value is -1.06. The molecule has 3 heteroatoms. The topological polar surface area (TPSA) is 30.5 Å². The fourth-order valence-electron chi connectivity index (χ4n) is 2.91. The van der Waals surface area contributed by atoms with Gasteiger partial charge < -0.3 is 14.8 Å². The van der Waals surface area contributed by atoms with E-state index in [-0.39, 0.29) is 0 Å². The number of hydrogen-bond acceptors (Lipinski definition) is 3. The van der Waals surface area contributed by atoms with E-state index in [1.807, 2.05) is 14.0 Å². The average Bonchev–Trinajstić information content (AvgIpc) is 2.96. The van der Waals surface area contributed by atoms with Crippen LogP contribution < -0.4 is 10.1 Å². The summed E-state index contributed by atoms with van der Waals surface area (Å²) in [7, 11) is 2.03. The van der Waals surface area contributed by atoms with Gasteiger partial charge in [-0.1, -0.05) is 17.7 Å². The first-order valence-corrected chi connectivity index (χ1v) is 7.76. The molecule has 1 aromatic rings. The molecule has 1 fully saturated rings. The average molecular weight is 277 g/mol. The largest absolute Gasteiger partial charge is 0.494 e. The maximum absolute atomic E-state index is 5.78. The van der Waals surface area contributed by atoms with E-state index in [0.717, 1.165) is 25.2 Å². The van der Waals surface area contributed by atoms with Crippen LogP contribution in [0.2, 0.25) is 0 Å². The molecule has 3 nitrogen and oxygen atoms in total. The molecule has 0 saturated carbocycles. The van der Waals surface area contributed by atoms with Crippen molar-refractivity contribution in [1.29, 1.82) is 0 Å². The lowest BCUT2D eigenvalue weighted by Crippen LogP contribution is -2.19. The minimum Gasteiger partial charge on any atom is -0.494 e. The first-order chi connectivity index (χ1) is 9.74. The van der Waals surface area contributed by atoms with E-state index in [0.29, 0.717) is 18.8 Å². The molecule has 1 saturated heterocycles. The summed E-state index contributed by atoms with van der Waals surface area (Å²) in [6, 6.07) is 6.77. The molecule has 2 rings (SSSR count). The molecule has 1 aliphatic rings. The number of benzene rings is 1. The fraction of sp³-hybridized carbons (Fsp3) is 0.647. The van der Waals surface area contributed by atoms with Crippen LogP contribution in [0.25, 0.3) is 0 Å². The Morgan fingerprint density at radius 1 is 1.45 bits per heavy atom. The molecule has 0 aromatic heterocycles. The molecule has 0 bridgehead atoms. The van der Waals surface area contributed by atoms with Gasteiger partial charge in [0.25, 0.3) is 0 Å². The zero-order valence-corrected chi connectivity index (χ0v) is 12.9. The van der Waals surface area contributed by atoms with E-state index >= 15 is 0 Å². The van der Waals surface area contributed by atoms with Crippen molar-refractivity contribution < 1.29 is 9.47 Å². The highest BCUT2D eigenvalue weighted by Gasteiger charge is 2.20. The van der Waals surface area contributed by atoms with Gasteiger partial charge >= 0.3 is 0 Å². The number of ether oxygens (including phenoxy) is 2. The van der Waals surface area contributed by atoms with Crippen LogP contribution in [0, 0.1) is 6.92 Å². The van der Waals surface area contributed by atoms with Crippen LogP contribution in [-0.4, -0.2) is 26.4 Å². The standard InChI is InChI=1S/C17H27NO2/c1-4-19-17-10-7-13(2)12-15(17)16(18-3)9-8-14-6-5-11-20-14/h7,10,12,14,16,18H,4-6,8-9,11H2,1-3H3. The van der Waals surface area contributed by atoms with Gasteiger partial charge in [0.15, 0.2) is 0 Å². The number of nitrogens with one attached hydrogen (secondary N) is 1. The highest BCUT2D eigenvalue weighted by molar-refractivity contribution is 5.39. The Labute approximate surface area is 122 Å². The lowest BCUT2D eigenvalue weighted by molar-refractivity contribution is 0.0997. The second-order valence-corrected chi connectivity index (χ2v) is 5.53. The van der Waals surface area contributed by atoms with Gasteiger partial charge in [0, 0.05) is 18.2 Å². The first kappa shape index (κ1) is 15.3. The summed E-state index contributed by atoms with van der Waals surface area (Å²) in [5.74, 6) is 1.00. The number of aryl methyl sites for hydroxylation is 1. The maximum Gasteiger partial charge on any atom is 0.124 e. The summed E-state index contributed by atoms with van der Waals surface area (Å²) in [6.07, 6.45) is 5.08. The third-order valence-corrected chi connectivity index (χ3v) is 3.99. The zero-order chi connectivity index (χ0) is 14.4. The molecule has 1 aliphatic heterocycles. The van der Waals surface area contributed by atoms with Gasteiger partial charge in [-0.05, 0) is 52.6 Å². The van der Waals surface area contributed by atoms with Gasteiger partial charge in [0.05, 0.1) is 12.7 Å². The quantitative estimate of drug-likeness (QED) is 0.826. The second-order valence-electron chi connectivity index (χ2n) is 5.53. The molecule has 0 aliphatic carbocycles. The van der Waals surface area contributed by atoms with Gasteiger partial charge in [0.1, 0.15) is 5.75 Å². The van der Waals surface area contributed by atoms with E-state index in [2.05, 4.69) is 30.4 Å². The third-order valence-electron chi connectivity index (χ3n) is 3.99. The highest BCUT2D eigenvalue weighted by atomic mass is 16.5. The van der Waals surface area contributed by atoms with Crippen LogP contribution in [0.1, 0.15) is 49.8 Å². The number of rotatable bonds is 7. The van der Waals surface area contributed by atoms with E-state index in [9.17, 15) is 0 Å². The van der Waals surface area contributed by atoms with Crippen molar-refractivity contribution in [2.75, 3.05) is 20.3 Å². The highest BCUT2D eigenvalue weighted by Crippen LogP contribution is 2.31. The monoisotopic (exact) mass is 277 g/mol. The third kappa shape index (κ3) is 3.97. The minimum absolute atomic E-state index is 0.334. The van der Waals surface area contributed by atoms with Crippen molar-refractivity contribution >= 4 is 0 Å². The van der Waals surface area contributed by atoms with E-state index in [1.54, 1.807) is 0 Å². The smallest absolute Gasteiger partial charge is 0.124 e. The van der Waals surface area contributed by atoms with Crippen LogP contribution in [-0.2, 0) is 4.74 Å². The fourth-order valence-corrected chi connectivity index (χ4v) is 2.91. The molecule has 1 heterocycles. The molecule has 1 N–H and O–H groups in total. The Balaban J connectivity index is 2.06. The van der Waals surface area contributed by atoms with Gasteiger partial charge in [0.2, 0.25) is 0 Å². The van der Waals surface area contributed by atoms with Crippen molar-refractivity contribution in [2.24, 2.45) is 0 Å². The molecular formula is C17H27NO2. The lowest BCUT2D eigenvalue weighted by Gasteiger charge is -2.22. The summed E-state index contributed by atoms with van der Waals surface area (Å²) in [6.45, 7) is 5.80. The second kappa shape index (κ2) is 7.65. The Bertz CT molecular complexity index is 413. The summed E-state index contributed by atoms with van der Waals surface area (Å²) in [4.78, 5) is 0. The predicted molar refractivity (Wildman–Crippen MR) is 82.4 cm³/mol. The minimum atomic E-state index is 0.334. The molecular weight excluding hydrogens is 250 g/mol. The van der Waals surface area contributed by atoms with Crippen molar-refractivity contribution in [3.63, 3.8) is 0 Å². The zero-order valence-electron chi connectivity index (χ0n) is 12.9. The maximum atomic E-state index is 5.78. The van der Waals surface area contributed by atoms with E-state index < -0.39 is 0 Å². The van der Waals surface area contributed by atoms with Gasteiger partial charge in [-0.3, -0.25) is 0 Å². The summed E-state index contributed by atoms with van der Waals surface area (Å²) in [5.41, 5.74) is 2.55. The Kier molecular flexibility index (Phi) is 5.86. The summed E-state index contributed by atoms with van der Waals surface area (Å²) < 4.78 is 11.5. The van der Waals surface area contributed by atoms with Gasteiger partial charge in [-0.15, -0.1) is 0 Å². The van der Waals surface area contributed by atoms with Gasteiger partial charge in [-0.25, -0.2) is 0 Å². The molecule has 112 valence electrons. The van der Waals surface area contributed by atoms with Gasteiger partial charge in [-0.2, -0.15) is 0 Å². The normalized spacial score (nSPS) is 20.1. The van der Waals surface area contributed by atoms with Crippen molar-refractivity contribution in [3.05, 3.63) is 29.3 Å². The van der Waals surface area contributed by atoms with E-state index in [1.165, 1.54) is 24.0 Å². The summed E-state index contributed by atoms with van der Waals surface area (Å²) >= 11 is 0. The molecule has 0 spiro atoms. The Morgan fingerprint density at radius 3 is 2.95 bits per heavy atom. The van der Waals surface area contributed by atoms with Crippen molar-refractivity contribution in [1.82, 2.24) is 5.32 Å². The molecule has 2 atom stereocenters. The van der Waals surface area contributed by atoms with Crippen LogP contribution >= 0.6 is 0 Å². The molecule has 2 unspecified atom stereocenters. The Morgan fingerprint density at radius 2 is 2.30 bits per heavy atom. The van der Waals surface area contributed by atoms with Crippen molar-refractivity contribution in [3.8, 4) is 5.75 Å².